The van der Waals surface area contributed by atoms with Crippen LogP contribution in [0.3, 0.4) is 0 Å². The lowest BCUT2D eigenvalue weighted by Crippen LogP contribution is -2.59. The van der Waals surface area contributed by atoms with Crippen molar-refractivity contribution in [2.45, 2.75) is 17.2 Å². The van der Waals surface area contributed by atoms with Gasteiger partial charge in [-0.05, 0) is 42.8 Å². The molecule has 4 rings (SSSR count). The number of anilines is 2. The molecule has 0 bridgehead atoms. The third kappa shape index (κ3) is 3.16. The van der Waals surface area contributed by atoms with Crippen LogP contribution in [0.15, 0.2) is 36.7 Å². The van der Waals surface area contributed by atoms with E-state index >= 15 is 0 Å². The van der Waals surface area contributed by atoms with Gasteiger partial charge in [0.2, 0.25) is 4.87 Å². The Balaban J connectivity index is 1.79. The lowest BCUT2D eigenvalue weighted by atomic mass is 9.91. The third-order valence-electron chi connectivity index (χ3n) is 5.23. The van der Waals surface area contributed by atoms with Crippen molar-refractivity contribution in [2.24, 2.45) is 0 Å². The summed E-state index contributed by atoms with van der Waals surface area (Å²) in [5, 5.41) is 12.8. The maximum absolute atomic E-state index is 13.4. The van der Waals surface area contributed by atoms with Gasteiger partial charge in [-0.2, -0.15) is 0 Å². The zero-order valence-corrected chi connectivity index (χ0v) is 17.6. The fourth-order valence-corrected chi connectivity index (χ4v) is 6.03. The van der Waals surface area contributed by atoms with E-state index < -0.39 is 26.8 Å². The van der Waals surface area contributed by atoms with Gasteiger partial charge in [-0.25, -0.2) is 18.2 Å². The number of aromatic nitrogens is 2. The van der Waals surface area contributed by atoms with Crippen LogP contribution in [0.4, 0.5) is 11.4 Å². The summed E-state index contributed by atoms with van der Waals surface area (Å²) < 4.78 is 29.1. The molecule has 1 aliphatic rings. The van der Waals surface area contributed by atoms with Crippen LogP contribution in [-0.2, 0) is 14.8 Å². The lowest BCUT2D eigenvalue weighted by molar-refractivity contribution is -0.141. The second kappa shape index (κ2) is 7.31. The quantitative estimate of drug-likeness (QED) is 0.360. The van der Waals surface area contributed by atoms with E-state index in [0.717, 1.165) is 0 Å². The molecule has 1 saturated heterocycles. The van der Waals surface area contributed by atoms with E-state index in [4.69, 9.17) is 28.9 Å². The molecule has 12 heteroatoms. The molecule has 0 spiro atoms. The number of hydrogen-bond acceptors (Lipinski definition) is 6. The Morgan fingerprint density at radius 2 is 1.97 bits per heavy atom. The number of nitrogens with two attached hydrogens (primary N) is 1. The van der Waals surface area contributed by atoms with Gasteiger partial charge in [0.05, 0.1) is 38.8 Å². The number of benzene rings is 2. The van der Waals surface area contributed by atoms with Gasteiger partial charge in [0.15, 0.2) is 0 Å². The smallest absolute Gasteiger partial charge is 0.342 e. The number of carbonyl (C=O) groups is 1. The molecule has 1 aromatic heterocycles. The number of halogens is 2. The van der Waals surface area contributed by atoms with Crippen LogP contribution in [0.1, 0.15) is 17.9 Å². The fraction of sp³-hybridized carbons (Fsp3) is 0.222. The first-order chi connectivity index (χ1) is 14.2. The number of rotatable bonds is 5. The Morgan fingerprint density at radius 1 is 1.27 bits per heavy atom. The van der Waals surface area contributed by atoms with E-state index in [9.17, 15) is 18.3 Å². The van der Waals surface area contributed by atoms with Gasteiger partial charge in [-0.15, -0.1) is 0 Å². The zero-order valence-electron chi connectivity index (χ0n) is 15.3. The fourth-order valence-electron chi connectivity index (χ4n) is 3.80. The molecule has 0 aliphatic carbocycles. The zero-order chi connectivity index (χ0) is 21.7. The minimum Gasteiger partial charge on any atom is -0.479 e. The van der Waals surface area contributed by atoms with Gasteiger partial charge in [0.25, 0.3) is 10.0 Å². The summed E-state index contributed by atoms with van der Waals surface area (Å²) in [4.78, 5) is 17.2. The number of nitrogens with one attached hydrogen (secondary N) is 3. The normalized spacial score (nSPS) is 21.7. The van der Waals surface area contributed by atoms with Gasteiger partial charge in [0.1, 0.15) is 0 Å². The molecule has 2 aromatic carbocycles. The van der Waals surface area contributed by atoms with E-state index in [1.807, 2.05) is 0 Å². The first kappa shape index (κ1) is 20.7. The molecule has 1 aliphatic heterocycles. The molecule has 9 nitrogen and oxygen atoms in total. The number of nitrogens with zero attached hydrogens (tertiary/aromatic N) is 1. The molecule has 2 unspecified atom stereocenters. The summed E-state index contributed by atoms with van der Waals surface area (Å²) in [7, 11) is -4.50. The molecule has 30 heavy (non-hydrogen) atoms. The van der Waals surface area contributed by atoms with Gasteiger partial charge >= 0.3 is 5.97 Å². The molecule has 1 fully saturated rings. The highest BCUT2D eigenvalue weighted by Crippen LogP contribution is 2.42. The summed E-state index contributed by atoms with van der Waals surface area (Å²) in [5.41, 5.74) is 7.72. The number of aliphatic carboxylic acids is 1. The van der Waals surface area contributed by atoms with Gasteiger partial charge in [0, 0.05) is 5.92 Å². The van der Waals surface area contributed by atoms with Crippen LogP contribution in [0, 0.1) is 0 Å². The topological polar surface area (TPSA) is 150 Å². The Labute approximate surface area is 181 Å². The molecule has 2 atom stereocenters. The SMILES string of the molecule is Nc1c(Cl)cc(NS(=O)(=O)C2(C(=O)O)NCCC2c2ccc3nc[nH]c3c2)cc1Cl. The summed E-state index contributed by atoms with van der Waals surface area (Å²) in [5.74, 6) is -2.38. The second-order valence-electron chi connectivity index (χ2n) is 6.95. The van der Waals surface area contributed by atoms with Crippen LogP contribution in [0.2, 0.25) is 10.0 Å². The van der Waals surface area contributed by atoms with E-state index in [2.05, 4.69) is 20.0 Å². The molecule has 0 amide bonds. The molecular formula is C18H17Cl2N5O4S. The van der Waals surface area contributed by atoms with Crippen molar-refractivity contribution in [3.63, 3.8) is 0 Å². The van der Waals surface area contributed by atoms with Crippen LogP contribution in [0.5, 0.6) is 0 Å². The van der Waals surface area contributed by atoms with E-state index in [1.165, 1.54) is 18.5 Å². The van der Waals surface area contributed by atoms with Crippen molar-refractivity contribution in [3.8, 4) is 0 Å². The number of hydrogen-bond donors (Lipinski definition) is 5. The lowest BCUT2D eigenvalue weighted by Gasteiger charge is -2.31. The predicted molar refractivity (Wildman–Crippen MR) is 115 cm³/mol. The van der Waals surface area contributed by atoms with E-state index in [0.29, 0.717) is 23.0 Å². The van der Waals surface area contributed by atoms with Gasteiger partial charge in [-0.3, -0.25) is 10.0 Å². The Hall–Kier alpha value is -2.53. The molecular weight excluding hydrogens is 453 g/mol. The van der Waals surface area contributed by atoms with Crippen molar-refractivity contribution in [3.05, 3.63) is 52.3 Å². The van der Waals surface area contributed by atoms with Gasteiger partial charge in [-0.1, -0.05) is 29.3 Å². The van der Waals surface area contributed by atoms with Crippen molar-refractivity contribution in [1.29, 1.82) is 0 Å². The van der Waals surface area contributed by atoms with Crippen molar-refractivity contribution >= 4 is 61.6 Å². The largest absolute Gasteiger partial charge is 0.479 e. The summed E-state index contributed by atoms with van der Waals surface area (Å²) in [6, 6.07) is 7.66. The van der Waals surface area contributed by atoms with Crippen molar-refractivity contribution < 1.29 is 18.3 Å². The number of nitrogen functional groups attached to an aromatic ring is 1. The maximum atomic E-state index is 13.4. The number of sulfonamides is 1. The van der Waals surface area contributed by atoms with Crippen LogP contribution < -0.4 is 15.8 Å². The monoisotopic (exact) mass is 469 g/mol. The van der Waals surface area contributed by atoms with Crippen LogP contribution >= 0.6 is 23.2 Å². The maximum Gasteiger partial charge on any atom is 0.342 e. The van der Waals surface area contributed by atoms with Crippen LogP contribution in [0.25, 0.3) is 11.0 Å². The number of carboxylic acids is 1. The van der Waals surface area contributed by atoms with Crippen molar-refractivity contribution in [1.82, 2.24) is 15.3 Å². The minimum absolute atomic E-state index is 0.0105. The predicted octanol–water partition coefficient (Wildman–Crippen LogP) is 2.75. The first-order valence-corrected chi connectivity index (χ1v) is 11.1. The highest BCUT2D eigenvalue weighted by molar-refractivity contribution is 7.94. The van der Waals surface area contributed by atoms with E-state index in [1.54, 1.807) is 18.2 Å². The molecule has 2 heterocycles. The Kier molecular flexibility index (Phi) is 5.05. The summed E-state index contributed by atoms with van der Waals surface area (Å²) in [6.07, 6.45) is 1.81. The number of carboxylic acid groups (broad SMARTS) is 1. The van der Waals surface area contributed by atoms with Crippen LogP contribution in [-0.4, -0.2) is 40.9 Å². The number of H-pyrrole nitrogens is 1. The number of fused-ring (bicyclic) bond motifs is 1. The Morgan fingerprint density at radius 3 is 2.63 bits per heavy atom. The highest BCUT2D eigenvalue weighted by Gasteiger charge is 2.60. The standard InChI is InChI=1S/C18H17Cl2N5O4S/c19-12-6-10(7-13(20)16(12)21)25-30(28,29)18(17(26)27)11(3-4-24-18)9-1-2-14-15(5-9)23-8-22-14/h1-2,5-8,11,24-25H,3-4,21H2,(H,22,23)(H,26,27). The van der Waals surface area contributed by atoms with Gasteiger partial charge < -0.3 is 15.8 Å². The highest BCUT2D eigenvalue weighted by atomic mass is 35.5. The Bertz CT molecular complexity index is 1240. The third-order valence-corrected chi connectivity index (χ3v) is 7.81. The average Bonchev–Trinajstić information content (AvgIpc) is 3.32. The first-order valence-electron chi connectivity index (χ1n) is 8.84. The summed E-state index contributed by atoms with van der Waals surface area (Å²) in [6.45, 7) is 0.197. The second-order valence-corrected chi connectivity index (χ2v) is 9.62. The summed E-state index contributed by atoms with van der Waals surface area (Å²) >= 11 is 12.0. The van der Waals surface area contributed by atoms with E-state index in [-0.39, 0.29) is 28.0 Å². The average molecular weight is 470 g/mol. The molecule has 6 N–H and O–H groups in total. The molecule has 0 saturated carbocycles. The number of imidazole rings is 1. The molecule has 0 radical (unpaired) electrons. The van der Waals surface area contributed by atoms with Crippen molar-refractivity contribution in [2.75, 3.05) is 17.0 Å². The minimum atomic E-state index is -4.50. The number of aromatic amines is 1. The molecule has 158 valence electrons. The molecule has 3 aromatic rings.